The third-order valence-corrected chi connectivity index (χ3v) is 5.42. The van der Waals surface area contributed by atoms with Gasteiger partial charge in [0.2, 0.25) is 5.91 Å². The Balaban J connectivity index is 1.58. The maximum absolute atomic E-state index is 12.9. The van der Waals surface area contributed by atoms with Gasteiger partial charge in [0.15, 0.2) is 0 Å². The van der Waals surface area contributed by atoms with Crippen molar-refractivity contribution < 1.29 is 4.79 Å². The van der Waals surface area contributed by atoms with Gasteiger partial charge >= 0.3 is 0 Å². The number of benzene rings is 1. The lowest BCUT2D eigenvalue weighted by Gasteiger charge is -2.25. The third-order valence-electron chi connectivity index (χ3n) is 5.42. The summed E-state index contributed by atoms with van der Waals surface area (Å²) in [5.41, 5.74) is 2.24. The lowest BCUT2D eigenvalue weighted by molar-refractivity contribution is -0.132. The standard InChI is InChI=1S/C23H30N2O/c26-23(15-14-20-9-3-1-4-10-20)25(19-21-11-5-2-6-12-21)18-16-22-13-7-8-17-24-22/h2,5-8,11-13,17,20H,1,3-4,9-10,14-16,18-19H2. The van der Waals surface area contributed by atoms with Gasteiger partial charge in [-0.25, -0.2) is 0 Å². The minimum atomic E-state index is 0.287. The van der Waals surface area contributed by atoms with Gasteiger partial charge in [0.05, 0.1) is 0 Å². The largest absolute Gasteiger partial charge is 0.338 e. The van der Waals surface area contributed by atoms with Gasteiger partial charge in [0, 0.05) is 37.8 Å². The molecule has 1 saturated carbocycles. The van der Waals surface area contributed by atoms with Crippen molar-refractivity contribution in [2.75, 3.05) is 6.54 Å². The summed E-state index contributed by atoms with van der Waals surface area (Å²) in [7, 11) is 0. The Hall–Kier alpha value is -2.16. The Morgan fingerprint density at radius 1 is 1.00 bits per heavy atom. The Bertz CT molecular complexity index is 650. The number of hydrogen-bond donors (Lipinski definition) is 0. The SMILES string of the molecule is O=C(CCC1CCCCC1)N(CCc1ccccn1)Cc1ccccc1. The molecule has 3 nitrogen and oxygen atoms in total. The first-order chi connectivity index (χ1) is 12.8. The van der Waals surface area contributed by atoms with Crippen LogP contribution in [0.4, 0.5) is 0 Å². The molecule has 0 saturated heterocycles. The second kappa shape index (κ2) is 10.1. The normalized spacial score (nSPS) is 14.9. The van der Waals surface area contributed by atoms with Crippen molar-refractivity contribution in [1.82, 2.24) is 9.88 Å². The highest BCUT2D eigenvalue weighted by Gasteiger charge is 2.18. The van der Waals surface area contributed by atoms with Gasteiger partial charge in [0.1, 0.15) is 0 Å². The first-order valence-electron chi connectivity index (χ1n) is 10.0. The number of rotatable bonds is 8. The molecule has 1 amide bonds. The molecule has 0 N–H and O–H groups in total. The molecule has 3 rings (SSSR count). The van der Waals surface area contributed by atoms with Crippen molar-refractivity contribution in [2.45, 2.75) is 57.9 Å². The Morgan fingerprint density at radius 3 is 2.50 bits per heavy atom. The summed E-state index contributed by atoms with van der Waals surface area (Å²) in [6, 6.07) is 16.3. The zero-order chi connectivity index (χ0) is 18.0. The molecule has 0 unspecified atom stereocenters. The van der Waals surface area contributed by atoms with Crippen LogP contribution in [0.2, 0.25) is 0 Å². The van der Waals surface area contributed by atoms with E-state index in [-0.39, 0.29) is 5.91 Å². The van der Waals surface area contributed by atoms with E-state index >= 15 is 0 Å². The van der Waals surface area contributed by atoms with Gasteiger partial charge in [-0.2, -0.15) is 0 Å². The summed E-state index contributed by atoms with van der Waals surface area (Å²) < 4.78 is 0. The number of nitrogens with zero attached hydrogens (tertiary/aromatic N) is 2. The molecule has 1 aliphatic carbocycles. The van der Waals surface area contributed by atoms with E-state index in [1.807, 2.05) is 47.5 Å². The fraction of sp³-hybridized carbons (Fsp3) is 0.478. The van der Waals surface area contributed by atoms with Crippen molar-refractivity contribution >= 4 is 5.91 Å². The predicted octanol–water partition coefficient (Wildman–Crippen LogP) is 5.01. The fourth-order valence-electron chi connectivity index (χ4n) is 3.85. The van der Waals surface area contributed by atoms with Crippen LogP contribution in [0.25, 0.3) is 0 Å². The van der Waals surface area contributed by atoms with Crippen LogP contribution in [-0.2, 0) is 17.8 Å². The lowest BCUT2D eigenvalue weighted by Crippen LogP contribution is -2.33. The maximum Gasteiger partial charge on any atom is 0.222 e. The number of hydrogen-bond acceptors (Lipinski definition) is 2. The average molecular weight is 351 g/mol. The molecule has 1 fully saturated rings. The molecule has 26 heavy (non-hydrogen) atoms. The molecule has 2 aromatic rings. The Labute approximate surface area is 157 Å². The van der Waals surface area contributed by atoms with Gasteiger partial charge in [0.25, 0.3) is 0 Å². The van der Waals surface area contributed by atoms with Crippen molar-refractivity contribution in [2.24, 2.45) is 5.92 Å². The highest BCUT2D eigenvalue weighted by molar-refractivity contribution is 5.76. The zero-order valence-electron chi connectivity index (χ0n) is 15.6. The smallest absolute Gasteiger partial charge is 0.222 e. The first kappa shape index (κ1) is 18.6. The molecule has 1 aromatic carbocycles. The summed E-state index contributed by atoms with van der Waals surface area (Å²) in [5.74, 6) is 1.04. The number of aromatic nitrogens is 1. The van der Waals surface area contributed by atoms with Crippen LogP contribution < -0.4 is 0 Å². The van der Waals surface area contributed by atoms with E-state index < -0.39 is 0 Å². The van der Waals surface area contributed by atoms with Crippen LogP contribution in [0.5, 0.6) is 0 Å². The average Bonchev–Trinajstić information content (AvgIpc) is 2.71. The van der Waals surface area contributed by atoms with Crippen molar-refractivity contribution in [3.05, 3.63) is 66.0 Å². The highest BCUT2D eigenvalue weighted by atomic mass is 16.2. The maximum atomic E-state index is 12.9. The summed E-state index contributed by atoms with van der Waals surface area (Å²) in [4.78, 5) is 19.3. The summed E-state index contributed by atoms with van der Waals surface area (Å²) in [6.07, 6.45) is 11.0. The van der Waals surface area contributed by atoms with Crippen LogP contribution in [0.1, 0.15) is 56.2 Å². The molecule has 138 valence electrons. The van der Waals surface area contributed by atoms with E-state index in [2.05, 4.69) is 17.1 Å². The molecule has 0 spiro atoms. The van der Waals surface area contributed by atoms with E-state index in [0.717, 1.165) is 31.0 Å². The quantitative estimate of drug-likeness (QED) is 0.670. The van der Waals surface area contributed by atoms with E-state index in [1.165, 1.54) is 37.7 Å². The van der Waals surface area contributed by atoms with Crippen LogP contribution in [-0.4, -0.2) is 22.3 Å². The number of carbonyl (C=O) groups excluding carboxylic acids is 1. The Kier molecular flexibility index (Phi) is 7.24. The molecule has 0 bridgehead atoms. The summed E-state index contributed by atoms with van der Waals surface area (Å²) in [6.45, 7) is 1.42. The van der Waals surface area contributed by atoms with Crippen LogP contribution >= 0.6 is 0 Å². The second-order valence-corrected chi connectivity index (χ2v) is 7.41. The molecular weight excluding hydrogens is 320 g/mol. The predicted molar refractivity (Wildman–Crippen MR) is 106 cm³/mol. The van der Waals surface area contributed by atoms with Gasteiger partial charge < -0.3 is 4.90 Å². The van der Waals surface area contributed by atoms with Crippen molar-refractivity contribution in [3.63, 3.8) is 0 Å². The van der Waals surface area contributed by atoms with E-state index in [9.17, 15) is 4.79 Å². The van der Waals surface area contributed by atoms with Crippen LogP contribution in [0.15, 0.2) is 54.7 Å². The fourth-order valence-corrected chi connectivity index (χ4v) is 3.85. The van der Waals surface area contributed by atoms with Gasteiger partial charge in [-0.15, -0.1) is 0 Å². The number of carbonyl (C=O) groups is 1. The molecule has 3 heteroatoms. The summed E-state index contributed by atoms with van der Waals surface area (Å²) in [5, 5.41) is 0. The second-order valence-electron chi connectivity index (χ2n) is 7.41. The van der Waals surface area contributed by atoms with Gasteiger partial charge in [-0.3, -0.25) is 9.78 Å². The van der Waals surface area contributed by atoms with Gasteiger partial charge in [-0.05, 0) is 30.0 Å². The topological polar surface area (TPSA) is 33.2 Å². The summed E-state index contributed by atoms with van der Waals surface area (Å²) >= 11 is 0. The van der Waals surface area contributed by atoms with E-state index in [1.54, 1.807) is 0 Å². The first-order valence-corrected chi connectivity index (χ1v) is 10.0. The highest BCUT2D eigenvalue weighted by Crippen LogP contribution is 2.27. The monoisotopic (exact) mass is 350 g/mol. The van der Waals surface area contributed by atoms with Crippen molar-refractivity contribution in [3.8, 4) is 0 Å². The lowest BCUT2D eigenvalue weighted by atomic mass is 9.86. The molecular formula is C23H30N2O. The molecule has 1 heterocycles. The molecule has 0 atom stereocenters. The molecule has 1 aliphatic rings. The minimum absolute atomic E-state index is 0.287. The van der Waals surface area contributed by atoms with Gasteiger partial charge in [-0.1, -0.05) is 68.5 Å². The number of amides is 1. The Morgan fingerprint density at radius 2 is 1.77 bits per heavy atom. The molecule has 0 aliphatic heterocycles. The third kappa shape index (κ3) is 5.98. The van der Waals surface area contributed by atoms with Crippen LogP contribution in [0, 0.1) is 5.92 Å². The minimum Gasteiger partial charge on any atom is -0.338 e. The van der Waals surface area contributed by atoms with E-state index in [0.29, 0.717) is 13.0 Å². The molecule has 1 aromatic heterocycles. The number of pyridine rings is 1. The van der Waals surface area contributed by atoms with Crippen LogP contribution in [0.3, 0.4) is 0 Å². The van der Waals surface area contributed by atoms with Crippen molar-refractivity contribution in [1.29, 1.82) is 0 Å². The molecule has 0 radical (unpaired) electrons. The van der Waals surface area contributed by atoms with E-state index in [4.69, 9.17) is 0 Å². The zero-order valence-corrected chi connectivity index (χ0v) is 15.6.